The molecule has 0 aromatic heterocycles. The zero-order valence-corrected chi connectivity index (χ0v) is 13.5. The lowest BCUT2D eigenvalue weighted by atomic mass is 9.84. The van der Waals surface area contributed by atoms with Crippen molar-refractivity contribution in [1.82, 2.24) is 5.32 Å². The summed E-state index contributed by atoms with van der Waals surface area (Å²) in [5, 5.41) is 3.70. The summed E-state index contributed by atoms with van der Waals surface area (Å²) in [7, 11) is 0. The minimum absolute atomic E-state index is 0.748. The molecule has 1 aromatic carbocycles. The molecule has 0 heterocycles. The number of rotatable bonds is 7. The molecular weight excluding hydrogens is 242 g/mol. The lowest BCUT2D eigenvalue weighted by Crippen LogP contribution is -2.31. The van der Waals surface area contributed by atoms with E-state index in [0.29, 0.717) is 0 Å². The van der Waals surface area contributed by atoms with Gasteiger partial charge in [-0.15, -0.1) is 0 Å². The first-order valence-corrected chi connectivity index (χ1v) is 8.42. The van der Waals surface area contributed by atoms with Crippen molar-refractivity contribution in [3.05, 3.63) is 35.4 Å². The van der Waals surface area contributed by atoms with Crippen molar-refractivity contribution < 1.29 is 0 Å². The average Bonchev–Trinajstić information content (AvgIpc) is 2.93. The molecule has 0 aliphatic heterocycles. The number of aryl methyl sites for hydroxylation is 1. The molecule has 1 fully saturated rings. The summed E-state index contributed by atoms with van der Waals surface area (Å²) in [6.45, 7) is 9.18. The Bertz CT molecular complexity index is 391. The van der Waals surface area contributed by atoms with Crippen LogP contribution in [0.15, 0.2) is 24.3 Å². The van der Waals surface area contributed by atoms with Gasteiger partial charge in [-0.3, -0.25) is 0 Å². The van der Waals surface area contributed by atoms with Gasteiger partial charge < -0.3 is 5.32 Å². The van der Waals surface area contributed by atoms with E-state index in [1.54, 1.807) is 5.56 Å². The fourth-order valence-electron chi connectivity index (χ4n) is 3.51. The van der Waals surface area contributed by atoms with Crippen molar-refractivity contribution in [2.24, 2.45) is 17.8 Å². The topological polar surface area (TPSA) is 12.0 Å². The summed E-state index contributed by atoms with van der Waals surface area (Å²) in [4.78, 5) is 0. The molecule has 0 amide bonds. The second-order valence-corrected chi connectivity index (χ2v) is 6.99. The van der Waals surface area contributed by atoms with Crippen LogP contribution in [0.4, 0.5) is 0 Å². The molecule has 112 valence electrons. The van der Waals surface area contributed by atoms with Crippen LogP contribution >= 0.6 is 0 Å². The van der Waals surface area contributed by atoms with Gasteiger partial charge in [0.25, 0.3) is 0 Å². The lowest BCUT2D eigenvalue weighted by molar-refractivity contribution is 0.315. The molecule has 0 bridgehead atoms. The van der Waals surface area contributed by atoms with Gasteiger partial charge in [0.15, 0.2) is 0 Å². The third kappa shape index (κ3) is 4.63. The third-order valence-corrected chi connectivity index (χ3v) is 4.77. The van der Waals surface area contributed by atoms with E-state index in [2.05, 4.69) is 50.4 Å². The van der Waals surface area contributed by atoms with Crippen molar-refractivity contribution >= 4 is 0 Å². The van der Waals surface area contributed by atoms with E-state index in [-0.39, 0.29) is 0 Å². The van der Waals surface area contributed by atoms with E-state index in [1.165, 1.54) is 44.2 Å². The minimum Gasteiger partial charge on any atom is -0.316 e. The first-order chi connectivity index (χ1) is 9.66. The van der Waals surface area contributed by atoms with Gasteiger partial charge in [0.05, 0.1) is 0 Å². The van der Waals surface area contributed by atoms with E-state index in [1.807, 2.05) is 0 Å². The summed E-state index contributed by atoms with van der Waals surface area (Å²) in [6.07, 6.45) is 7.03. The summed E-state index contributed by atoms with van der Waals surface area (Å²) < 4.78 is 0. The average molecular weight is 273 g/mol. The molecule has 0 saturated heterocycles. The monoisotopic (exact) mass is 273 g/mol. The van der Waals surface area contributed by atoms with Crippen molar-refractivity contribution in [3.8, 4) is 0 Å². The van der Waals surface area contributed by atoms with E-state index in [9.17, 15) is 0 Å². The van der Waals surface area contributed by atoms with Crippen LogP contribution in [0.25, 0.3) is 0 Å². The third-order valence-electron chi connectivity index (χ3n) is 4.77. The quantitative estimate of drug-likeness (QED) is 0.766. The van der Waals surface area contributed by atoms with Gasteiger partial charge in [0.2, 0.25) is 0 Å². The number of benzene rings is 1. The molecule has 0 spiro atoms. The Labute approximate surface area is 125 Å². The fraction of sp³-hybridized carbons (Fsp3) is 0.684. The Hall–Kier alpha value is -0.820. The molecule has 1 nitrogen and oxygen atoms in total. The smallest absolute Gasteiger partial charge is 0.00146 e. The highest BCUT2D eigenvalue weighted by molar-refractivity contribution is 5.26. The highest BCUT2D eigenvalue weighted by Gasteiger charge is 2.25. The molecule has 2 rings (SSSR count). The summed E-state index contributed by atoms with van der Waals surface area (Å²) in [6, 6.07) is 8.92. The van der Waals surface area contributed by atoms with E-state index < -0.39 is 0 Å². The molecular formula is C19H31N. The van der Waals surface area contributed by atoms with Gasteiger partial charge in [-0.2, -0.15) is 0 Å². The highest BCUT2D eigenvalue weighted by atomic mass is 14.9. The predicted molar refractivity (Wildman–Crippen MR) is 88.0 cm³/mol. The number of nitrogens with one attached hydrogen (secondary N) is 1. The van der Waals surface area contributed by atoms with Crippen LogP contribution in [-0.4, -0.2) is 13.1 Å². The van der Waals surface area contributed by atoms with Crippen molar-refractivity contribution in [2.75, 3.05) is 13.1 Å². The minimum atomic E-state index is 0.748. The van der Waals surface area contributed by atoms with Gasteiger partial charge in [-0.25, -0.2) is 0 Å². The molecule has 20 heavy (non-hydrogen) atoms. The molecule has 1 aromatic rings. The molecule has 1 saturated carbocycles. The first kappa shape index (κ1) is 15.6. The first-order valence-electron chi connectivity index (χ1n) is 8.42. The highest BCUT2D eigenvalue weighted by Crippen LogP contribution is 2.33. The maximum atomic E-state index is 3.70. The van der Waals surface area contributed by atoms with Crippen molar-refractivity contribution in [3.63, 3.8) is 0 Å². The Morgan fingerprint density at radius 3 is 2.45 bits per heavy atom. The Morgan fingerprint density at radius 2 is 1.80 bits per heavy atom. The predicted octanol–water partition coefficient (Wildman–Crippen LogP) is 4.59. The van der Waals surface area contributed by atoms with Gasteiger partial charge in [0, 0.05) is 0 Å². The summed E-state index contributed by atoms with van der Waals surface area (Å²) in [5.41, 5.74) is 3.01. The van der Waals surface area contributed by atoms with Crippen LogP contribution in [0, 0.1) is 24.7 Å². The maximum Gasteiger partial charge on any atom is -0.00146 e. The molecule has 1 aliphatic carbocycles. The molecule has 1 heteroatoms. The van der Waals surface area contributed by atoms with Crippen LogP contribution < -0.4 is 5.32 Å². The fourth-order valence-corrected chi connectivity index (χ4v) is 3.51. The number of hydrogen-bond donors (Lipinski definition) is 1. The summed E-state index contributed by atoms with van der Waals surface area (Å²) in [5.74, 6) is 2.50. The van der Waals surface area contributed by atoms with Crippen molar-refractivity contribution in [2.45, 2.75) is 52.9 Å². The second-order valence-electron chi connectivity index (χ2n) is 6.99. The van der Waals surface area contributed by atoms with Gasteiger partial charge in [0.1, 0.15) is 0 Å². The lowest BCUT2D eigenvalue weighted by Gasteiger charge is -2.25. The molecule has 1 unspecified atom stereocenters. The SMILES string of the molecule is Cc1ccccc1CC(CNCC(C)C)C1CCCC1. The molecule has 1 N–H and O–H groups in total. The van der Waals surface area contributed by atoms with Crippen LogP contribution in [0.2, 0.25) is 0 Å². The standard InChI is InChI=1S/C19H31N/c1-15(2)13-20-14-19(17-9-6-7-10-17)12-18-11-5-4-8-16(18)3/h4-5,8,11,15,17,19-20H,6-7,9-10,12-14H2,1-3H3. The van der Waals surface area contributed by atoms with Gasteiger partial charge in [-0.05, 0) is 55.3 Å². The van der Waals surface area contributed by atoms with Crippen LogP contribution in [0.3, 0.4) is 0 Å². The van der Waals surface area contributed by atoms with Crippen LogP contribution in [-0.2, 0) is 6.42 Å². The van der Waals surface area contributed by atoms with E-state index >= 15 is 0 Å². The van der Waals surface area contributed by atoms with Gasteiger partial charge >= 0.3 is 0 Å². The Balaban J connectivity index is 1.96. The maximum absolute atomic E-state index is 3.70. The molecule has 0 radical (unpaired) electrons. The Morgan fingerprint density at radius 1 is 1.10 bits per heavy atom. The second kappa shape index (κ2) is 7.83. The van der Waals surface area contributed by atoms with E-state index in [0.717, 1.165) is 24.3 Å². The largest absolute Gasteiger partial charge is 0.316 e. The van der Waals surface area contributed by atoms with Gasteiger partial charge in [-0.1, -0.05) is 63.8 Å². The molecule has 1 aliphatic rings. The zero-order chi connectivity index (χ0) is 14.4. The van der Waals surface area contributed by atoms with Crippen LogP contribution in [0.5, 0.6) is 0 Å². The number of hydrogen-bond acceptors (Lipinski definition) is 1. The van der Waals surface area contributed by atoms with Crippen LogP contribution in [0.1, 0.15) is 50.7 Å². The normalized spacial score (nSPS) is 17.8. The molecule has 1 atom stereocenters. The zero-order valence-electron chi connectivity index (χ0n) is 13.5. The Kier molecular flexibility index (Phi) is 6.09. The van der Waals surface area contributed by atoms with E-state index in [4.69, 9.17) is 0 Å². The summed E-state index contributed by atoms with van der Waals surface area (Å²) >= 11 is 0. The van der Waals surface area contributed by atoms with Crippen molar-refractivity contribution in [1.29, 1.82) is 0 Å².